The summed E-state index contributed by atoms with van der Waals surface area (Å²) < 4.78 is 29.2. The van der Waals surface area contributed by atoms with Crippen LogP contribution in [0.3, 0.4) is 0 Å². The van der Waals surface area contributed by atoms with Gasteiger partial charge in [-0.15, -0.1) is 5.10 Å². The molecule has 0 saturated heterocycles. The zero-order valence-electron chi connectivity index (χ0n) is 13.3. The Morgan fingerprint density at radius 3 is 2.80 bits per heavy atom. The normalized spacial score (nSPS) is 11.5. The molecule has 0 fully saturated rings. The van der Waals surface area contributed by atoms with E-state index in [1.807, 2.05) is 30.3 Å². The van der Waals surface area contributed by atoms with Crippen molar-refractivity contribution in [3.63, 3.8) is 0 Å². The van der Waals surface area contributed by atoms with E-state index in [0.29, 0.717) is 17.8 Å². The number of aromatic nitrogens is 6. The van der Waals surface area contributed by atoms with Gasteiger partial charge in [-0.2, -0.15) is 5.10 Å². The lowest BCUT2D eigenvalue weighted by Gasteiger charge is -2.05. The standard InChI is InChI=1S/C17H14F2N6/c1-24-9-13(16(22-24)17(18)19)14-10-25(23-21-14)8-12-5-2-4-11-6-3-7-20-15(11)12/h2-7,9-10,17H,8H2,1H3. The first-order chi connectivity index (χ1) is 12.1. The predicted octanol–water partition coefficient (Wildman–Crippen LogP) is 3.21. The molecule has 0 unspecified atom stereocenters. The maximum absolute atomic E-state index is 13.1. The highest BCUT2D eigenvalue weighted by Gasteiger charge is 2.20. The molecular weight excluding hydrogens is 326 g/mol. The molecule has 3 heterocycles. The van der Waals surface area contributed by atoms with Gasteiger partial charge in [0.15, 0.2) is 0 Å². The molecule has 0 atom stereocenters. The van der Waals surface area contributed by atoms with E-state index in [0.717, 1.165) is 16.5 Å². The SMILES string of the molecule is Cn1cc(-c2cn(Cc3cccc4cccnc34)nn2)c(C(F)F)n1. The van der Waals surface area contributed by atoms with E-state index < -0.39 is 6.43 Å². The van der Waals surface area contributed by atoms with Crippen molar-refractivity contribution in [3.05, 3.63) is 60.2 Å². The van der Waals surface area contributed by atoms with Crippen LogP contribution >= 0.6 is 0 Å². The van der Waals surface area contributed by atoms with Crippen LogP contribution in [0.15, 0.2) is 48.9 Å². The zero-order chi connectivity index (χ0) is 17.4. The van der Waals surface area contributed by atoms with Crippen LogP contribution < -0.4 is 0 Å². The quantitative estimate of drug-likeness (QED) is 0.572. The third-order valence-corrected chi connectivity index (χ3v) is 3.93. The minimum atomic E-state index is -2.66. The monoisotopic (exact) mass is 340 g/mol. The van der Waals surface area contributed by atoms with Gasteiger partial charge in [0.25, 0.3) is 6.43 Å². The third kappa shape index (κ3) is 2.86. The number of alkyl halides is 2. The van der Waals surface area contributed by atoms with Gasteiger partial charge in [0.05, 0.1) is 23.8 Å². The van der Waals surface area contributed by atoms with E-state index in [9.17, 15) is 8.78 Å². The lowest BCUT2D eigenvalue weighted by Crippen LogP contribution is -2.01. The number of fused-ring (bicyclic) bond motifs is 1. The highest BCUT2D eigenvalue weighted by molar-refractivity contribution is 5.81. The summed E-state index contributed by atoms with van der Waals surface area (Å²) >= 11 is 0. The number of hydrogen-bond acceptors (Lipinski definition) is 4. The van der Waals surface area contributed by atoms with Crippen molar-refractivity contribution in [2.45, 2.75) is 13.0 Å². The smallest absolute Gasteiger partial charge is 0.275 e. The molecule has 126 valence electrons. The molecule has 0 aliphatic heterocycles. The minimum Gasteiger partial charge on any atom is -0.275 e. The van der Waals surface area contributed by atoms with Gasteiger partial charge < -0.3 is 0 Å². The van der Waals surface area contributed by atoms with Gasteiger partial charge in [-0.05, 0) is 11.6 Å². The number of rotatable bonds is 4. The van der Waals surface area contributed by atoms with Gasteiger partial charge in [-0.25, -0.2) is 13.5 Å². The van der Waals surface area contributed by atoms with Gasteiger partial charge in [0, 0.05) is 24.8 Å². The summed E-state index contributed by atoms with van der Waals surface area (Å²) in [4.78, 5) is 4.41. The van der Waals surface area contributed by atoms with E-state index in [1.165, 1.54) is 10.9 Å². The van der Waals surface area contributed by atoms with Crippen LogP contribution in [-0.2, 0) is 13.6 Å². The summed E-state index contributed by atoms with van der Waals surface area (Å²) in [7, 11) is 1.60. The Balaban J connectivity index is 1.68. The number of pyridine rings is 1. The second-order valence-corrected chi connectivity index (χ2v) is 5.70. The summed E-state index contributed by atoms with van der Waals surface area (Å²) in [5, 5.41) is 12.9. The largest absolute Gasteiger partial charge is 0.282 e. The summed E-state index contributed by atoms with van der Waals surface area (Å²) in [6.45, 7) is 0.450. The van der Waals surface area contributed by atoms with E-state index in [1.54, 1.807) is 24.1 Å². The van der Waals surface area contributed by atoms with Crippen molar-refractivity contribution in [2.75, 3.05) is 0 Å². The predicted molar refractivity (Wildman–Crippen MR) is 88.0 cm³/mol. The van der Waals surface area contributed by atoms with Crippen molar-refractivity contribution < 1.29 is 8.78 Å². The molecule has 0 aliphatic carbocycles. The number of nitrogens with zero attached hydrogens (tertiary/aromatic N) is 6. The summed E-state index contributed by atoms with van der Waals surface area (Å²) in [6, 6.07) is 9.78. The number of hydrogen-bond donors (Lipinski definition) is 0. The summed E-state index contributed by atoms with van der Waals surface area (Å²) in [6.07, 6.45) is 2.24. The maximum atomic E-state index is 13.1. The molecule has 4 rings (SSSR count). The van der Waals surface area contributed by atoms with Gasteiger partial charge in [0.2, 0.25) is 0 Å². The molecule has 25 heavy (non-hydrogen) atoms. The lowest BCUT2D eigenvalue weighted by molar-refractivity contribution is 0.146. The van der Waals surface area contributed by atoms with Crippen molar-refractivity contribution in [2.24, 2.45) is 7.05 Å². The first-order valence-electron chi connectivity index (χ1n) is 7.66. The zero-order valence-corrected chi connectivity index (χ0v) is 13.3. The molecule has 0 aliphatic rings. The van der Waals surface area contributed by atoms with Crippen molar-refractivity contribution in [3.8, 4) is 11.3 Å². The van der Waals surface area contributed by atoms with Crippen LogP contribution in [-0.4, -0.2) is 29.8 Å². The molecule has 4 aromatic rings. The highest BCUT2D eigenvalue weighted by atomic mass is 19.3. The third-order valence-electron chi connectivity index (χ3n) is 3.93. The van der Waals surface area contributed by atoms with Gasteiger partial charge >= 0.3 is 0 Å². The molecule has 0 N–H and O–H groups in total. The maximum Gasteiger partial charge on any atom is 0.282 e. The average Bonchev–Trinajstić information content (AvgIpc) is 3.22. The summed E-state index contributed by atoms with van der Waals surface area (Å²) in [5.74, 6) is 0. The van der Waals surface area contributed by atoms with Gasteiger partial charge in [-0.1, -0.05) is 29.5 Å². The van der Waals surface area contributed by atoms with Crippen molar-refractivity contribution >= 4 is 10.9 Å². The molecule has 3 aromatic heterocycles. The molecule has 0 spiro atoms. The number of para-hydroxylation sites is 1. The van der Waals surface area contributed by atoms with Crippen LogP contribution in [0.5, 0.6) is 0 Å². The Labute approximate surface area is 141 Å². The fraction of sp³-hybridized carbons (Fsp3) is 0.176. The first kappa shape index (κ1) is 15.4. The Morgan fingerprint density at radius 1 is 1.12 bits per heavy atom. The van der Waals surface area contributed by atoms with E-state index in [4.69, 9.17) is 0 Å². The minimum absolute atomic E-state index is 0.290. The number of aryl methyl sites for hydroxylation is 1. The van der Waals surface area contributed by atoms with Gasteiger partial charge in [0.1, 0.15) is 11.4 Å². The van der Waals surface area contributed by atoms with Crippen LogP contribution in [0.25, 0.3) is 22.2 Å². The van der Waals surface area contributed by atoms with E-state index in [2.05, 4.69) is 20.4 Å². The van der Waals surface area contributed by atoms with Gasteiger partial charge in [-0.3, -0.25) is 9.67 Å². The number of halogens is 2. The first-order valence-corrected chi connectivity index (χ1v) is 7.66. The highest BCUT2D eigenvalue weighted by Crippen LogP contribution is 2.28. The van der Waals surface area contributed by atoms with Crippen LogP contribution in [0.4, 0.5) is 8.78 Å². The molecule has 0 radical (unpaired) electrons. The Hall–Kier alpha value is -3.16. The average molecular weight is 340 g/mol. The van der Waals surface area contributed by atoms with Crippen LogP contribution in [0.1, 0.15) is 17.7 Å². The Bertz CT molecular complexity index is 1030. The Kier molecular flexibility index (Phi) is 3.72. The molecular formula is C17H14F2N6. The number of benzene rings is 1. The molecule has 0 bridgehead atoms. The fourth-order valence-electron chi connectivity index (χ4n) is 2.83. The molecule has 0 saturated carbocycles. The van der Waals surface area contributed by atoms with E-state index in [-0.39, 0.29) is 5.69 Å². The second-order valence-electron chi connectivity index (χ2n) is 5.70. The lowest BCUT2D eigenvalue weighted by atomic mass is 10.1. The Morgan fingerprint density at radius 2 is 1.96 bits per heavy atom. The molecule has 8 heteroatoms. The van der Waals surface area contributed by atoms with Crippen LogP contribution in [0.2, 0.25) is 0 Å². The van der Waals surface area contributed by atoms with Crippen LogP contribution in [0, 0.1) is 0 Å². The molecule has 0 amide bonds. The molecule has 6 nitrogen and oxygen atoms in total. The van der Waals surface area contributed by atoms with Crippen molar-refractivity contribution in [1.29, 1.82) is 0 Å². The second kappa shape index (κ2) is 6.04. The summed E-state index contributed by atoms with van der Waals surface area (Å²) in [5.41, 5.74) is 2.24. The van der Waals surface area contributed by atoms with Crippen molar-refractivity contribution in [1.82, 2.24) is 29.8 Å². The topological polar surface area (TPSA) is 61.4 Å². The molecule has 1 aromatic carbocycles. The van der Waals surface area contributed by atoms with E-state index >= 15 is 0 Å². The fourth-order valence-corrected chi connectivity index (χ4v) is 2.83.